The van der Waals surface area contributed by atoms with Crippen LogP contribution in [0, 0.1) is 0 Å². The first-order chi connectivity index (χ1) is 7.84. The number of hydrogen-bond donors (Lipinski definition) is 0. The van der Waals surface area contributed by atoms with Gasteiger partial charge < -0.3 is 4.42 Å². The highest BCUT2D eigenvalue weighted by Gasteiger charge is 2.10. The van der Waals surface area contributed by atoms with Gasteiger partial charge in [0, 0.05) is 5.39 Å². The van der Waals surface area contributed by atoms with Gasteiger partial charge in [-0.3, -0.25) is 0 Å². The maximum atomic E-state index is 11.8. The summed E-state index contributed by atoms with van der Waals surface area (Å²) in [6, 6.07) is 9.46. The van der Waals surface area contributed by atoms with Crippen LogP contribution in [0.2, 0.25) is 0 Å². The SMILES string of the molecule is O=c1oc2ccccc2cc1C1=CC=CC1. The second-order valence-corrected chi connectivity index (χ2v) is 3.81. The highest BCUT2D eigenvalue weighted by atomic mass is 16.4. The summed E-state index contributed by atoms with van der Waals surface area (Å²) in [7, 11) is 0. The fourth-order valence-electron chi connectivity index (χ4n) is 1.93. The Kier molecular flexibility index (Phi) is 2.00. The van der Waals surface area contributed by atoms with Crippen molar-refractivity contribution in [2.75, 3.05) is 0 Å². The van der Waals surface area contributed by atoms with Crippen LogP contribution in [0.25, 0.3) is 16.5 Å². The Morgan fingerprint density at radius 1 is 1.19 bits per heavy atom. The molecule has 0 atom stereocenters. The number of para-hydroxylation sites is 1. The van der Waals surface area contributed by atoms with Crippen molar-refractivity contribution in [3.05, 3.63) is 64.5 Å². The first-order valence-corrected chi connectivity index (χ1v) is 5.23. The van der Waals surface area contributed by atoms with Crippen molar-refractivity contribution in [2.24, 2.45) is 0 Å². The smallest absolute Gasteiger partial charge is 0.343 e. The molecule has 0 fully saturated rings. The fraction of sp³-hybridized carbons (Fsp3) is 0.0714. The van der Waals surface area contributed by atoms with Gasteiger partial charge in [0.15, 0.2) is 0 Å². The molecule has 2 aromatic rings. The van der Waals surface area contributed by atoms with Crippen molar-refractivity contribution in [3.63, 3.8) is 0 Å². The molecule has 0 bridgehead atoms. The van der Waals surface area contributed by atoms with Gasteiger partial charge in [0.05, 0.1) is 5.56 Å². The average molecular weight is 210 g/mol. The highest BCUT2D eigenvalue weighted by molar-refractivity contribution is 5.81. The number of allylic oxidation sites excluding steroid dienone is 4. The molecule has 0 saturated carbocycles. The minimum absolute atomic E-state index is 0.256. The standard InChI is InChI=1S/C14H10O2/c15-14-12(10-5-1-2-6-10)9-11-7-3-4-8-13(11)16-14/h1-5,7-9H,6H2. The topological polar surface area (TPSA) is 30.2 Å². The maximum Gasteiger partial charge on any atom is 0.343 e. The molecule has 78 valence electrons. The molecule has 1 aliphatic rings. The molecule has 0 aliphatic heterocycles. The Hall–Kier alpha value is -2.09. The lowest BCUT2D eigenvalue weighted by Crippen LogP contribution is -2.05. The molecule has 0 spiro atoms. The van der Waals surface area contributed by atoms with Crippen LogP contribution in [0.4, 0.5) is 0 Å². The number of benzene rings is 1. The third kappa shape index (κ3) is 1.39. The zero-order chi connectivity index (χ0) is 11.0. The van der Waals surface area contributed by atoms with E-state index in [4.69, 9.17) is 4.42 Å². The normalized spacial score (nSPS) is 14.4. The van der Waals surface area contributed by atoms with E-state index in [1.165, 1.54) is 0 Å². The van der Waals surface area contributed by atoms with E-state index in [9.17, 15) is 4.79 Å². The third-order valence-electron chi connectivity index (χ3n) is 2.76. The van der Waals surface area contributed by atoms with E-state index in [1.54, 1.807) is 0 Å². The molecule has 1 aromatic carbocycles. The molecule has 3 rings (SSSR count). The lowest BCUT2D eigenvalue weighted by Gasteiger charge is -2.02. The zero-order valence-corrected chi connectivity index (χ0v) is 8.64. The van der Waals surface area contributed by atoms with Crippen molar-refractivity contribution in [1.82, 2.24) is 0 Å². The van der Waals surface area contributed by atoms with Gasteiger partial charge >= 0.3 is 5.63 Å². The number of hydrogen-bond acceptors (Lipinski definition) is 2. The monoisotopic (exact) mass is 210 g/mol. The minimum atomic E-state index is -0.256. The summed E-state index contributed by atoms with van der Waals surface area (Å²) >= 11 is 0. The Morgan fingerprint density at radius 3 is 2.88 bits per heavy atom. The fourth-order valence-corrected chi connectivity index (χ4v) is 1.93. The zero-order valence-electron chi connectivity index (χ0n) is 8.64. The summed E-state index contributed by atoms with van der Waals surface area (Å²) < 4.78 is 5.28. The van der Waals surface area contributed by atoms with Gasteiger partial charge in [-0.1, -0.05) is 36.4 Å². The van der Waals surface area contributed by atoms with Gasteiger partial charge in [-0.25, -0.2) is 4.79 Å². The quantitative estimate of drug-likeness (QED) is 0.677. The second kappa shape index (κ2) is 3.49. The van der Waals surface area contributed by atoms with Crippen molar-refractivity contribution in [1.29, 1.82) is 0 Å². The predicted molar refractivity (Wildman–Crippen MR) is 64.2 cm³/mol. The first kappa shape index (κ1) is 9.16. The molecular formula is C14H10O2. The molecule has 0 N–H and O–H groups in total. The van der Waals surface area contributed by atoms with E-state index in [2.05, 4.69) is 0 Å². The van der Waals surface area contributed by atoms with Crippen molar-refractivity contribution < 1.29 is 4.42 Å². The number of fused-ring (bicyclic) bond motifs is 1. The van der Waals surface area contributed by atoms with E-state index in [-0.39, 0.29) is 5.63 Å². The molecule has 2 heteroatoms. The summed E-state index contributed by atoms with van der Waals surface area (Å²) in [5.41, 5.74) is 2.08. The summed E-state index contributed by atoms with van der Waals surface area (Å²) in [5.74, 6) is 0. The van der Waals surface area contributed by atoms with Crippen LogP contribution in [0.15, 0.2) is 57.8 Å². The van der Waals surface area contributed by atoms with E-state index in [1.807, 2.05) is 48.6 Å². The van der Waals surface area contributed by atoms with Crippen LogP contribution >= 0.6 is 0 Å². The van der Waals surface area contributed by atoms with Crippen molar-refractivity contribution in [3.8, 4) is 0 Å². The molecule has 2 nitrogen and oxygen atoms in total. The van der Waals surface area contributed by atoms with Crippen molar-refractivity contribution >= 4 is 16.5 Å². The average Bonchev–Trinajstić information content (AvgIpc) is 2.81. The summed E-state index contributed by atoms with van der Waals surface area (Å²) in [5, 5.41) is 0.963. The van der Waals surface area contributed by atoms with Gasteiger partial charge in [0.2, 0.25) is 0 Å². The molecule has 0 saturated heterocycles. The van der Waals surface area contributed by atoms with E-state index in [0.717, 1.165) is 17.4 Å². The lowest BCUT2D eigenvalue weighted by atomic mass is 10.1. The Morgan fingerprint density at radius 2 is 2.06 bits per heavy atom. The van der Waals surface area contributed by atoms with Crippen LogP contribution in [0.3, 0.4) is 0 Å². The highest BCUT2D eigenvalue weighted by Crippen LogP contribution is 2.23. The van der Waals surface area contributed by atoms with Gasteiger partial charge in [-0.2, -0.15) is 0 Å². The number of rotatable bonds is 1. The predicted octanol–water partition coefficient (Wildman–Crippen LogP) is 3.14. The third-order valence-corrected chi connectivity index (χ3v) is 2.76. The summed E-state index contributed by atoms with van der Waals surface area (Å²) in [6.07, 6.45) is 6.76. The first-order valence-electron chi connectivity index (χ1n) is 5.23. The molecule has 0 unspecified atom stereocenters. The maximum absolute atomic E-state index is 11.8. The largest absolute Gasteiger partial charge is 0.422 e. The Labute approximate surface area is 92.5 Å². The van der Waals surface area contributed by atoms with E-state index < -0.39 is 0 Å². The second-order valence-electron chi connectivity index (χ2n) is 3.81. The molecule has 0 radical (unpaired) electrons. The van der Waals surface area contributed by atoms with Crippen LogP contribution in [0.1, 0.15) is 12.0 Å². The molecule has 1 heterocycles. The Bertz CT molecular complexity index is 660. The van der Waals surface area contributed by atoms with Gasteiger partial charge in [-0.15, -0.1) is 0 Å². The van der Waals surface area contributed by atoms with E-state index in [0.29, 0.717) is 11.1 Å². The van der Waals surface area contributed by atoms with Crippen LogP contribution < -0.4 is 5.63 Å². The van der Waals surface area contributed by atoms with Crippen molar-refractivity contribution in [2.45, 2.75) is 6.42 Å². The minimum Gasteiger partial charge on any atom is -0.422 e. The van der Waals surface area contributed by atoms with Crippen LogP contribution in [0.5, 0.6) is 0 Å². The molecule has 1 aromatic heterocycles. The summed E-state index contributed by atoms with van der Waals surface area (Å²) in [4.78, 5) is 11.8. The molecule has 1 aliphatic carbocycles. The van der Waals surface area contributed by atoms with Gasteiger partial charge in [0.1, 0.15) is 5.58 Å². The lowest BCUT2D eigenvalue weighted by molar-refractivity contribution is 0.558. The van der Waals surface area contributed by atoms with Crippen LogP contribution in [-0.2, 0) is 0 Å². The summed E-state index contributed by atoms with van der Waals surface area (Å²) in [6.45, 7) is 0. The molecular weight excluding hydrogens is 200 g/mol. The molecule has 0 amide bonds. The van der Waals surface area contributed by atoms with Crippen LogP contribution in [-0.4, -0.2) is 0 Å². The van der Waals surface area contributed by atoms with Gasteiger partial charge in [-0.05, 0) is 24.1 Å². The van der Waals surface area contributed by atoms with Gasteiger partial charge in [0.25, 0.3) is 0 Å². The molecule has 16 heavy (non-hydrogen) atoms. The Balaban J connectivity index is 2.26. The van der Waals surface area contributed by atoms with E-state index >= 15 is 0 Å².